The molecule has 1 atom stereocenters. The van der Waals surface area contributed by atoms with Crippen LogP contribution in [0.5, 0.6) is 0 Å². The molecule has 1 amide bonds. The van der Waals surface area contributed by atoms with Crippen LogP contribution in [0.2, 0.25) is 0 Å². The summed E-state index contributed by atoms with van der Waals surface area (Å²) in [5.41, 5.74) is 0.704. The maximum absolute atomic E-state index is 12.9. The summed E-state index contributed by atoms with van der Waals surface area (Å²) in [6, 6.07) is 5.26. The Morgan fingerprint density at radius 3 is 2.24 bits per heavy atom. The lowest BCUT2D eigenvalue weighted by molar-refractivity contribution is -0.128. The number of carbonyl (C=O) groups is 1. The van der Waals surface area contributed by atoms with Crippen LogP contribution in [-0.4, -0.2) is 25.2 Å². The number of benzene rings is 1. The van der Waals surface area contributed by atoms with Gasteiger partial charge in [0.2, 0.25) is 5.91 Å². The molecule has 0 saturated heterocycles. The van der Waals surface area contributed by atoms with Gasteiger partial charge in [0.15, 0.2) is 0 Å². The Hall–Kier alpha value is -1.63. The van der Waals surface area contributed by atoms with E-state index in [4.69, 9.17) is 0 Å². The van der Waals surface area contributed by atoms with E-state index in [0.29, 0.717) is 5.56 Å². The van der Waals surface area contributed by atoms with Crippen molar-refractivity contribution in [3.8, 4) is 0 Å². The van der Waals surface area contributed by atoms with Crippen molar-refractivity contribution in [3.63, 3.8) is 0 Å². The van der Waals surface area contributed by atoms with Crippen LogP contribution in [0.3, 0.4) is 0 Å². The topological polar surface area (TPSA) is 41.1 Å². The Balaban J connectivity index is 2.58. The minimum atomic E-state index is -4.35. The quantitative estimate of drug-likeness (QED) is 0.794. The molecule has 1 aromatic rings. The van der Waals surface area contributed by atoms with Gasteiger partial charge in [0.05, 0.1) is 19.1 Å². The van der Waals surface area contributed by atoms with Crippen LogP contribution < -0.4 is 10.6 Å². The monoisotopic (exact) mass is 306 g/mol. The van der Waals surface area contributed by atoms with E-state index < -0.39 is 25.2 Å². The predicted octanol–water partition coefficient (Wildman–Crippen LogP) is 2.79. The number of hydrogen-bond acceptors (Lipinski definition) is 2. The van der Waals surface area contributed by atoms with Gasteiger partial charge in [-0.3, -0.25) is 4.79 Å². The van der Waals surface area contributed by atoms with Crippen LogP contribution in [-0.2, 0) is 4.79 Å². The minimum absolute atomic E-state index is 0.0158. The van der Waals surface area contributed by atoms with E-state index in [2.05, 4.69) is 5.32 Å². The number of nitrogens with one attached hydrogen (secondary N) is 2. The van der Waals surface area contributed by atoms with Crippen molar-refractivity contribution in [2.75, 3.05) is 13.1 Å². The van der Waals surface area contributed by atoms with Gasteiger partial charge in [-0.25, -0.2) is 4.39 Å². The third-order valence-corrected chi connectivity index (χ3v) is 2.82. The van der Waals surface area contributed by atoms with E-state index in [1.54, 1.807) is 12.1 Å². The highest BCUT2D eigenvalue weighted by molar-refractivity contribution is 5.78. The smallest absolute Gasteiger partial charge is 0.348 e. The number of amides is 1. The molecule has 21 heavy (non-hydrogen) atoms. The Morgan fingerprint density at radius 1 is 1.19 bits per heavy atom. The summed E-state index contributed by atoms with van der Waals surface area (Å²) in [6.45, 7) is 2.07. The van der Waals surface area contributed by atoms with Crippen molar-refractivity contribution >= 4 is 5.91 Å². The van der Waals surface area contributed by atoms with E-state index in [1.165, 1.54) is 12.1 Å². The summed E-state index contributed by atoms with van der Waals surface area (Å²) in [4.78, 5) is 11.7. The summed E-state index contributed by atoms with van der Waals surface area (Å²) in [6.07, 6.45) is -4.35. The highest BCUT2D eigenvalue weighted by Crippen LogP contribution is 2.21. The lowest BCUT2D eigenvalue weighted by atomic mass is 9.96. The molecule has 1 rings (SSSR count). The van der Waals surface area contributed by atoms with Gasteiger partial charge in [-0.05, 0) is 23.6 Å². The fourth-order valence-corrected chi connectivity index (χ4v) is 1.85. The molecule has 7 heteroatoms. The number of alkyl halides is 3. The molecule has 0 aliphatic heterocycles. The first-order valence-electron chi connectivity index (χ1n) is 6.51. The maximum atomic E-state index is 12.9. The van der Waals surface area contributed by atoms with E-state index >= 15 is 0 Å². The molecule has 0 aliphatic rings. The molecular weight excluding hydrogens is 288 g/mol. The average molecular weight is 306 g/mol. The van der Waals surface area contributed by atoms with Gasteiger partial charge in [-0.15, -0.1) is 0 Å². The second-order valence-electron chi connectivity index (χ2n) is 5.06. The molecule has 0 heterocycles. The zero-order valence-electron chi connectivity index (χ0n) is 11.8. The highest BCUT2D eigenvalue weighted by Gasteiger charge is 2.27. The third-order valence-electron chi connectivity index (χ3n) is 2.82. The molecular formula is C14H18F4N2O. The number of rotatable bonds is 6. The zero-order chi connectivity index (χ0) is 16.0. The third kappa shape index (κ3) is 6.57. The first kappa shape index (κ1) is 17.4. The van der Waals surface area contributed by atoms with Crippen LogP contribution in [0.4, 0.5) is 17.6 Å². The average Bonchev–Trinajstić information content (AvgIpc) is 2.35. The van der Waals surface area contributed by atoms with Gasteiger partial charge in [-0.2, -0.15) is 13.2 Å². The van der Waals surface area contributed by atoms with Crippen molar-refractivity contribution in [1.82, 2.24) is 10.6 Å². The van der Waals surface area contributed by atoms with E-state index in [-0.39, 0.29) is 17.8 Å². The second-order valence-corrected chi connectivity index (χ2v) is 5.06. The molecule has 3 nitrogen and oxygen atoms in total. The van der Waals surface area contributed by atoms with Gasteiger partial charge >= 0.3 is 6.18 Å². The summed E-state index contributed by atoms with van der Waals surface area (Å²) in [5.74, 6) is -0.913. The van der Waals surface area contributed by atoms with Crippen molar-refractivity contribution in [1.29, 1.82) is 0 Å². The van der Waals surface area contributed by atoms with Crippen molar-refractivity contribution in [2.24, 2.45) is 5.92 Å². The Morgan fingerprint density at radius 2 is 1.76 bits per heavy atom. The normalized spacial score (nSPS) is 13.3. The number of hydrogen-bond donors (Lipinski definition) is 2. The summed E-state index contributed by atoms with van der Waals surface area (Å²) < 4.78 is 48.8. The van der Waals surface area contributed by atoms with Gasteiger partial charge in [-0.1, -0.05) is 26.0 Å². The van der Waals surface area contributed by atoms with Crippen molar-refractivity contribution in [2.45, 2.75) is 26.1 Å². The maximum Gasteiger partial charge on any atom is 0.401 e. The molecule has 1 unspecified atom stereocenters. The second kappa shape index (κ2) is 7.40. The first-order chi connectivity index (χ1) is 9.69. The standard InChI is InChI=1S/C14H18F4N2O/c1-9(2)13(10-3-5-11(15)6-4-10)20-12(21)7-19-8-14(16,17)18/h3-6,9,13,19H,7-8H2,1-2H3,(H,20,21). The largest absolute Gasteiger partial charge is 0.401 e. The minimum Gasteiger partial charge on any atom is -0.348 e. The molecule has 0 fully saturated rings. The van der Waals surface area contributed by atoms with Gasteiger partial charge in [0.1, 0.15) is 5.82 Å². The van der Waals surface area contributed by atoms with Crippen LogP contribution in [0.15, 0.2) is 24.3 Å². The Bertz CT molecular complexity index is 457. The molecule has 0 spiro atoms. The van der Waals surface area contributed by atoms with Gasteiger partial charge in [0, 0.05) is 0 Å². The van der Waals surface area contributed by atoms with Gasteiger partial charge < -0.3 is 10.6 Å². The fraction of sp³-hybridized carbons (Fsp3) is 0.500. The van der Waals surface area contributed by atoms with Crippen LogP contribution in [0, 0.1) is 11.7 Å². The number of carbonyl (C=O) groups excluding carboxylic acids is 1. The van der Waals surface area contributed by atoms with Gasteiger partial charge in [0.25, 0.3) is 0 Å². The van der Waals surface area contributed by atoms with Crippen molar-refractivity contribution in [3.05, 3.63) is 35.6 Å². The van der Waals surface area contributed by atoms with E-state index in [9.17, 15) is 22.4 Å². The zero-order valence-corrected chi connectivity index (χ0v) is 11.8. The summed E-state index contributed by atoms with van der Waals surface area (Å²) in [7, 11) is 0. The highest BCUT2D eigenvalue weighted by atomic mass is 19.4. The molecule has 0 saturated carbocycles. The molecule has 2 N–H and O–H groups in total. The lowest BCUT2D eigenvalue weighted by Crippen LogP contribution is -2.40. The molecule has 0 aromatic heterocycles. The van der Waals surface area contributed by atoms with Crippen LogP contribution >= 0.6 is 0 Å². The molecule has 0 aliphatic carbocycles. The Kier molecular flexibility index (Phi) is 6.14. The SMILES string of the molecule is CC(C)C(NC(=O)CNCC(F)(F)F)c1ccc(F)cc1. The predicted molar refractivity (Wildman–Crippen MR) is 71.0 cm³/mol. The fourth-order valence-electron chi connectivity index (χ4n) is 1.85. The van der Waals surface area contributed by atoms with Crippen LogP contribution in [0.25, 0.3) is 0 Å². The van der Waals surface area contributed by atoms with Crippen molar-refractivity contribution < 1.29 is 22.4 Å². The molecule has 118 valence electrons. The summed E-state index contributed by atoms with van der Waals surface area (Å²) >= 11 is 0. The lowest BCUT2D eigenvalue weighted by Gasteiger charge is -2.23. The molecule has 0 radical (unpaired) electrons. The molecule has 0 bridgehead atoms. The molecule has 1 aromatic carbocycles. The van der Waals surface area contributed by atoms with Crippen LogP contribution in [0.1, 0.15) is 25.5 Å². The van der Waals surface area contributed by atoms with E-state index in [0.717, 1.165) is 0 Å². The summed E-state index contributed by atoms with van der Waals surface area (Å²) in [5, 5.41) is 4.68. The van der Waals surface area contributed by atoms with E-state index in [1.807, 2.05) is 19.2 Å². The Labute approximate surface area is 120 Å². The number of halogens is 4. The first-order valence-corrected chi connectivity index (χ1v) is 6.51.